The Morgan fingerprint density at radius 2 is 1.71 bits per heavy atom. The zero-order valence-electron chi connectivity index (χ0n) is 10.4. The van der Waals surface area contributed by atoms with Crippen molar-refractivity contribution in [1.29, 1.82) is 0 Å². The molecule has 0 saturated carbocycles. The lowest BCUT2D eigenvalue weighted by atomic mass is 9.93. The number of allylic oxidation sites excluding steroid dienone is 5. The topological polar surface area (TPSA) is 0 Å². The van der Waals surface area contributed by atoms with Crippen LogP contribution >= 0.6 is 0 Å². The van der Waals surface area contributed by atoms with Gasteiger partial charge in [-0.15, -0.1) is 0 Å². The van der Waals surface area contributed by atoms with Gasteiger partial charge in [-0.05, 0) is 50.3 Å². The van der Waals surface area contributed by atoms with E-state index in [9.17, 15) is 0 Å². The zero-order chi connectivity index (χ0) is 11.1. The summed E-state index contributed by atoms with van der Waals surface area (Å²) in [6.45, 7) is 15.1. The van der Waals surface area contributed by atoms with E-state index in [1.54, 1.807) is 0 Å². The van der Waals surface area contributed by atoms with Crippen LogP contribution in [-0.2, 0) is 0 Å². The fourth-order valence-corrected chi connectivity index (χ4v) is 1.47. The second-order valence-corrected chi connectivity index (χ2v) is 4.00. The molecule has 0 aliphatic heterocycles. The Morgan fingerprint density at radius 1 is 1.14 bits per heavy atom. The maximum Gasteiger partial charge on any atom is -0.0242 e. The average molecular weight is 192 g/mol. The van der Waals surface area contributed by atoms with Crippen LogP contribution in [0.5, 0.6) is 0 Å². The van der Waals surface area contributed by atoms with E-state index in [-0.39, 0.29) is 0 Å². The molecule has 0 aliphatic carbocycles. The van der Waals surface area contributed by atoms with Gasteiger partial charge >= 0.3 is 0 Å². The molecule has 80 valence electrons. The molecule has 14 heavy (non-hydrogen) atoms. The third-order valence-electron chi connectivity index (χ3n) is 2.49. The Kier molecular flexibility index (Phi) is 6.27. The van der Waals surface area contributed by atoms with Crippen LogP contribution < -0.4 is 0 Å². The second-order valence-electron chi connectivity index (χ2n) is 4.00. The van der Waals surface area contributed by atoms with Crippen LogP contribution in [0.25, 0.3) is 0 Å². The van der Waals surface area contributed by atoms with Crippen molar-refractivity contribution in [2.45, 2.75) is 53.9 Å². The van der Waals surface area contributed by atoms with Crippen molar-refractivity contribution in [2.75, 3.05) is 0 Å². The van der Waals surface area contributed by atoms with Gasteiger partial charge in [-0.25, -0.2) is 0 Å². The van der Waals surface area contributed by atoms with Gasteiger partial charge in [0.25, 0.3) is 0 Å². The minimum atomic E-state index is 1.09. The monoisotopic (exact) mass is 192 g/mol. The summed E-state index contributed by atoms with van der Waals surface area (Å²) in [7, 11) is 0. The summed E-state index contributed by atoms with van der Waals surface area (Å²) < 4.78 is 0. The van der Waals surface area contributed by atoms with E-state index in [0.717, 1.165) is 12.8 Å². The van der Waals surface area contributed by atoms with Gasteiger partial charge in [0.15, 0.2) is 0 Å². The van der Waals surface area contributed by atoms with Crippen molar-refractivity contribution >= 4 is 0 Å². The first-order valence-electron chi connectivity index (χ1n) is 5.57. The van der Waals surface area contributed by atoms with Gasteiger partial charge in [0.2, 0.25) is 0 Å². The molecular formula is C14H24. The summed E-state index contributed by atoms with van der Waals surface area (Å²) in [5.41, 5.74) is 5.44. The third kappa shape index (κ3) is 3.95. The van der Waals surface area contributed by atoms with E-state index in [0.29, 0.717) is 0 Å². The van der Waals surface area contributed by atoms with E-state index < -0.39 is 0 Å². The number of rotatable bonds is 5. The molecular weight excluding hydrogens is 168 g/mol. The van der Waals surface area contributed by atoms with Crippen LogP contribution in [0.1, 0.15) is 53.9 Å². The highest BCUT2D eigenvalue weighted by Gasteiger charge is 2.04. The van der Waals surface area contributed by atoms with Gasteiger partial charge < -0.3 is 0 Å². The average Bonchev–Trinajstić information content (AvgIpc) is 2.13. The SMILES string of the molecule is C=C(CCC)/C(=C\CC)C(C)=C(C)C. The molecule has 0 aliphatic rings. The van der Waals surface area contributed by atoms with Crippen LogP contribution in [0, 0.1) is 0 Å². The number of hydrogen-bond acceptors (Lipinski definition) is 0. The minimum absolute atomic E-state index is 1.09. The molecule has 0 spiro atoms. The highest BCUT2D eigenvalue weighted by atomic mass is 14.1. The molecule has 0 amide bonds. The van der Waals surface area contributed by atoms with Gasteiger partial charge in [-0.2, -0.15) is 0 Å². The van der Waals surface area contributed by atoms with Crippen molar-refractivity contribution in [3.63, 3.8) is 0 Å². The van der Waals surface area contributed by atoms with Gasteiger partial charge in [-0.1, -0.05) is 38.5 Å². The third-order valence-corrected chi connectivity index (χ3v) is 2.49. The van der Waals surface area contributed by atoms with E-state index in [1.807, 2.05) is 0 Å². The van der Waals surface area contributed by atoms with Crippen LogP contribution in [-0.4, -0.2) is 0 Å². The van der Waals surface area contributed by atoms with Gasteiger partial charge in [0.05, 0.1) is 0 Å². The first kappa shape index (κ1) is 13.2. The Balaban J connectivity index is 4.89. The first-order valence-corrected chi connectivity index (χ1v) is 5.57. The van der Waals surface area contributed by atoms with Crippen LogP contribution in [0.4, 0.5) is 0 Å². The molecule has 0 aromatic carbocycles. The molecule has 0 saturated heterocycles. The smallest absolute Gasteiger partial charge is 0.0242 e. The van der Waals surface area contributed by atoms with Crippen molar-refractivity contribution in [2.24, 2.45) is 0 Å². The molecule has 0 bridgehead atoms. The Labute approximate surface area is 89.4 Å². The molecule has 0 atom stereocenters. The minimum Gasteiger partial charge on any atom is -0.0952 e. The highest BCUT2D eigenvalue weighted by Crippen LogP contribution is 2.24. The zero-order valence-corrected chi connectivity index (χ0v) is 10.4. The molecule has 0 heterocycles. The summed E-state index contributed by atoms with van der Waals surface area (Å²) in [4.78, 5) is 0. The van der Waals surface area contributed by atoms with Gasteiger partial charge in [-0.3, -0.25) is 0 Å². The molecule has 0 heteroatoms. The maximum atomic E-state index is 4.16. The van der Waals surface area contributed by atoms with Crippen LogP contribution in [0.15, 0.2) is 34.9 Å². The first-order chi connectivity index (χ1) is 6.54. The maximum absolute atomic E-state index is 4.16. The molecule has 0 fully saturated rings. The lowest BCUT2D eigenvalue weighted by Crippen LogP contribution is -1.93. The molecule has 0 aromatic heterocycles. The lowest BCUT2D eigenvalue weighted by molar-refractivity contribution is 0.912. The Hall–Kier alpha value is -0.780. The molecule has 0 N–H and O–H groups in total. The number of hydrogen-bond donors (Lipinski definition) is 0. The van der Waals surface area contributed by atoms with Gasteiger partial charge in [0, 0.05) is 0 Å². The van der Waals surface area contributed by atoms with Crippen LogP contribution in [0.3, 0.4) is 0 Å². The normalized spacial score (nSPS) is 11.4. The summed E-state index contributed by atoms with van der Waals surface area (Å²) in [6.07, 6.45) is 5.66. The summed E-state index contributed by atoms with van der Waals surface area (Å²) >= 11 is 0. The molecule has 0 unspecified atom stereocenters. The van der Waals surface area contributed by atoms with Crippen LogP contribution in [0.2, 0.25) is 0 Å². The largest absolute Gasteiger partial charge is 0.0952 e. The quantitative estimate of drug-likeness (QED) is 0.536. The molecule has 0 radical (unpaired) electrons. The fourth-order valence-electron chi connectivity index (χ4n) is 1.47. The van der Waals surface area contributed by atoms with E-state index in [1.165, 1.54) is 28.7 Å². The van der Waals surface area contributed by atoms with E-state index in [4.69, 9.17) is 0 Å². The predicted octanol–water partition coefficient (Wildman–Crippen LogP) is 5.04. The van der Waals surface area contributed by atoms with Crippen molar-refractivity contribution in [3.8, 4) is 0 Å². The fraction of sp³-hybridized carbons (Fsp3) is 0.571. The summed E-state index contributed by atoms with van der Waals surface area (Å²) in [6, 6.07) is 0. The van der Waals surface area contributed by atoms with Crippen molar-refractivity contribution in [3.05, 3.63) is 34.9 Å². The lowest BCUT2D eigenvalue weighted by Gasteiger charge is -2.12. The second kappa shape index (κ2) is 6.64. The summed E-state index contributed by atoms with van der Waals surface area (Å²) in [5.74, 6) is 0. The van der Waals surface area contributed by atoms with Crippen molar-refractivity contribution in [1.82, 2.24) is 0 Å². The summed E-state index contributed by atoms with van der Waals surface area (Å²) in [5, 5.41) is 0. The Morgan fingerprint density at radius 3 is 2.07 bits per heavy atom. The van der Waals surface area contributed by atoms with Crippen molar-refractivity contribution < 1.29 is 0 Å². The van der Waals surface area contributed by atoms with E-state index in [2.05, 4.69) is 47.3 Å². The Bertz CT molecular complexity index is 247. The van der Waals surface area contributed by atoms with E-state index >= 15 is 0 Å². The molecule has 0 nitrogen and oxygen atoms in total. The highest BCUT2D eigenvalue weighted by molar-refractivity contribution is 5.45. The molecule has 0 rings (SSSR count). The molecule has 0 aromatic rings. The van der Waals surface area contributed by atoms with Gasteiger partial charge in [0.1, 0.15) is 0 Å². The predicted molar refractivity (Wildman–Crippen MR) is 66.5 cm³/mol. The standard InChI is InChI=1S/C14H24/c1-7-9-12(5)14(10-8-2)13(6)11(3)4/h10H,5,7-9H2,1-4,6H3/b14-10+.